The van der Waals surface area contributed by atoms with E-state index in [-0.39, 0.29) is 0 Å². The largest absolute Gasteiger partial charge is 0.338 e. The summed E-state index contributed by atoms with van der Waals surface area (Å²) in [5.74, 6) is 0.893. The highest BCUT2D eigenvalue weighted by Crippen LogP contribution is 2.41. The van der Waals surface area contributed by atoms with Gasteiger partial charge in [-0.05, 0) is 51.1 Å². The molecule has 25 heavy (non-hydrogen) atoms. The van der Waals surface area contributed by atoms with Crippen LogP contribution in [0.5, 0.6) is 0 Å². The summed E-state index contributed by atoms with van der Waals surface area (Å²) >= 11 is 0. The van der Waals surface area contributed by atoms with Gasteiger partial charge in [-0.25, -0.2) is 9.97 Å². The van der Waals surface area contributed by atoms with Gasteiger partial charge in [0.2, 0.25) is 5.95 Å². The molecule has 1 spiro atoms. The van der Waals surface area contributed by atoms with Crippen LogP contribution < -0.4 is 4.90 Å². The zero-order chi connectivity index (χ0) is 17.1. The first-order chi connectivity index (χ1) is 12.2. The highest BCUT2D eigenvalue weighted by atomic mass is 15.3. The Kier molecular flexibility index (Phi) is 5.04. The number of rotatable bonds is 3. The molecule has 0 N–H and O–H groups in total. The first kappa shape index (κ1) is 17.0. The summed E-state index contributed by atoms with van der Waals surface area (Å²) in [5, 5.41) is 0. The number of allylic oxidation sites excluding steroid dienone is 2. The van der Waals surface area contributed by atoms with Crippen molar-refractivity contribution in [3.8, 4) is 0 Å². The quantitative estimate of drug-likeness (QED) is 0.790. The molecule has 0 aromatic carbocycles. The third-order valence-electron chi connectivity index (χ3n) is 6.18. The van der Waals surface area contributed by atoms with E-state index in [4.69, 9.17) is 0 Å². The fourth-order valence-electron chi connectivity index (χ4n) is 4.62. The van der Waals surface area contributed by atoms with E-state index in [0.717, 1.165) is 38.7 Å². The van der Waals surface area contributed by atoms with E-state index in [0.29, 0.717) is 5.41 Å². The first-order valence-corrected chi connectivity index (χ1v) is 9.84. The van der Waals surface area contributed by atoms with Crippen molar-refractivity contribution >= 4 is 5.95 Å². The molecule has 0 radical (unpaired) electrons. The summed E-state index contributed by atoms with van der Waals surface area (Å²) in [4.78, 5) is 16.6. The van der Waals surface area contributed by atoms with Crippen LogP contribution in [0, 0.1) is 5.41 Å². The number of likely N-dealkylation sites (tertiary alicyclic amines) is 1. The minimum atomic E-state index is 0.535. The van der Waals surface area contributed by atoms with Crippen molar-refractivity contribution in [1.29, 1.82) is 0 Å². The molecule has 1 aromatic heterocycles. The number of hydrogen-bond donors (Lipinski definition) is 0. The van der Waals surface area contributed by atoms with Gasteiger partial charge in [0.1, 0.15) is 0 Å². The fourth-order valence-corrected chi connectivity index (χ4v) is 4.62. The lowest BCUT2D eigenvalue weighted by molar-refractivity contribution is 0.0739. The Labute approximate surface area is 151 Å². The number of hydrogen-bond acceptors (Lipinski definition) is 5. The smallest absolute Gasteiger partial charge is 0.225 e. The fraction of sp³-hybridized carbons (Fsp3) is 0.700. The lowest BCUT2D eigenvalue weighted by Gasteiger charge is -2.44. The molecule has 5 heteroatoms. The average Bonchev–Trinajstić information content (AvgIpc) is 2.64. The molecule has 1 aromatic rings. The average molecular weight is 342 g/mol. The van der Waals surface area contributed by atoms with E-state index in [1.54, 1.807) is 0 Å². The molecule has 4 rings (SSSR count). The molecule has 0 amide bonds. The number of aromatic nitrogens is 2. The standard InChI is InChI=1S/C20H31N5/c1-23-10-12-25(13-11-23)19-21-14-18(15-22-19)16-24-9-5-8-20(17-24)6-3-2-4-7-20/h2-3,14-15H,4-13,16-17H2,1H3/t20-/m1/s1. The highest BCUT2D eigenvalue weighted by molar-refractivity contribution is 5.30. The van der Waals surface area contributed by atoms with Crippen molar-refractivity contribution < 1.29 is 0 Å². The zero-order valence-corrected chi connectivity index (χ0v) is 15.5. The van der Waals surface area contributed by atoms with Crippen molar-refractivity contribution in [1.82, 2.24) is 19.8 Å². The molecular weight excluding hydrogens is 310 g/mol. The summed E-state index contributed by atoms with van der Waals surface area (Å²) < 4.78 is 0. The van der Waals surface area contributed by atoms with Gasteiger partial charge in [-0.15, -0.1) is 0 Å². The van der Waals surface area contributed by atoms with E-state index in [2.05, 4.69) is 43.9 Å². The molecule has 0 unspecified atom stereocenters. The van der Waals surface area contributed by atoms with Crippen LogP contribution in [0.1, 0.15) is 37.7 Å². The minimum Gasteiger partial charge on any atom is -0.338 e. The zero-order valence-electron chi connectivity index (χ0n) is 15.5. The van der Waals surface area contributed by atoms with Gasteiger partial charge in [-0.3, -0.25) is 4.90 Å². The minimum absolute atomic E-state index is 0.535. The SMILES string of the molecule is CN1CCN(c2ncc(CN3CCC[C@]4(CC=CCC4)C3)cn2)CC1. The van der Waals surface area contributed by atoms with Crippen LogP contribution in [0.25, 0.3) is 0 Å². The number of anilines is 1. The first-order valence-electron chi connectivity index (χ1n) is 9.84. The summed E-state index contributed by atoms with van der Waals surface area (Å²) in [6.07, 6.45) is 15.5. The third-order valence-corrected chi connectivity index (χ3v) is 6.18. The summed E-state index contributed by atoms with van der Waals surface area (Å²) in [6.45, 7) is 7.68. The van der Waals surface area contributed by atoms with E-state index < -0.39 is 0 Å². The summed E-state index contributed by atoms with van der Waals surface area (Å²) in [5.41, 5.74) is 1.79. The van der Waals surface area contributed by atoms with Crippen LogP contribution >= 0.6 is 0 Å². The lowest BCUT2D eigenvalue weighted by atomic mass is 9.71. The van der Waals surface area contributed by atoms with E-state index in [1.165, 1.54) is 50.8 Å². The molecule has 1 aliphatic carbocycles. The number of likely N-dealkylation sites (N-methyl/N-ethyl adjacent to an activating group) is 1. The van der Waals surface area contributed by atoms with Crippen LogP contribution in [0.15, 0.2) is 24.5 Å². The van der Waals surface area contributed by atoms with Gasteiger partial charge in [0, 0.05) is 57.2 Å². The van der Waals surface area contributed by atoms with Gasteiger partial charge in [0.15, 0.2) is 0 Å². The lowest BCUT2D eigenvalue weighted by Crippen LogP contribution is -2.45. The molecule has 2 saturated heterocycles. The Morgan fingerprint density at radius 2 is 1.80 bits per heavy atom. The van der Waals surface area contributed by atoms with Crippen molar-refractivity contribution in [3.05, 3.63) is 30.1 Å². The predicted octanol–water partition coefficient (Wildman–Crippen LogP) is 2.55. The van der Waals surface area contributed by atoms with Crippen molar-refractivity contribution in [2.45, 2.75) is 38.6 Å². The summed E-state index contributed by atoms with van der Waals surface area (Å²) in [6, 6.07) is 0. The van der Waals surface area contributed by atoms with E-state index in [9.17, 15) is 0 Å². The maximum Gasteiger partial charge on any atom is 0.225 e. The second kappa shape index (κ2) is 7.42. The molecule has 0 saturated carbocycles. The van der Waals surface area contributed by atoms with Gasteiger partial charge in [0.05, 0.1) is 0 Å². The maximum absolute atomic E-state index is 4.66. The van der Waals surface area contributed by atoms with Crippen LogP contribution in [-0.4, -0.2) is 66.1 Å². The predicted molar refractivity (Wildman–Crippen MR) is 102 cm³/mol. The van der Waals surface area contributed by atoms with Crippen LogP contribution in [0.3, 0.4) is 0 Å². The third kappa shape index (κ3) is 4.04. The van der Waals surface area contributed by atoms with Gasteiger partial charge < -0.3 is 9.80 Å². The second-order valence-electron chi connectivity index (χ2n) is 8.21. The molecule has 136 valence electrons. The molecule has 0 bridgehead atoms. The van der Waals surface area contributed by atoms with Crippen LogP contribution in [0.2, 0.25) is 0 Å². The molecule has 5 nitrogen and oxygen atoms in total. The topological polar surface area (TPSA) is 35.5 Å². The Balaban J connectivity index is 1.35. The Morgan fingerprint density at radius 3 is 2.52 bits per heavy atom. The number of piperazine rings is 1. The monoisotopic (exact) mass is 341 g/mol. The summed E-state index contributed by atoms with van der Waals surface area (Å²) in [7, 11) is 2.18. The highest BCUT2D eigenvalue weighted by Gasteiger charge is 2.35. The van der Waals surface area contributed by atoms with Gasteiger partial charge in [-0.1, -0.05) is 12.2 Å². The van der Waals surface area contributed by atoms with E-state index in [1.807, 2.05) is 12.4 Å². The van der Waals surface area contributed by atoms with Crippen molar-refractivity contribution in [2.75, 3.05) is 51.2 Å². The second-order valence-corrected chi connectivity index (χ2v) is 8.21. The molecule has 3 aliphatic rings. The van der Waals surface area contributed by atoms with E-state index >= 15 is 0 Å². The maximum atomic E-state index is 4.66. The Bertz CT molecular complexity index is 591. The van der Waals surface area contributed by atoms with Gasteiger partial charge in [-0.2, -0.15) is 0 Å². The molecule has 2 aliphatic heterocycles. The van der Waals surface area contributed by atoms with Crippen LogP contribution in [0.4, 0.5) is 5.95 Å². The van der Waals surface area contributed by atoms with Gasteiger partial charge >= 0.3 is 0 Å². The van der Waals surface area contributed by atoms with Crippen molar-refractivity contribution in [3.63, 3.8) is 0 Å². The van der Waals surface area contributed by atoms with Gasteiger partial charge in [0.25, 0.3) is 0 Å². The Morgan fingerprint density at radius 1 is 1.00 bits per heavy atom. The van der Waals surface area contributed by atoms with Crippen molar-refractivity contribution in [2.24, 2.45) is 5.41 Å². The number of piperidine rings is 1. The Hall–Kier alpha value is -1.46. The number of nitrogens with zero attached hydrogens (tertiary/aromatic N) is 5. The molecule has 2 fully saturated rings. The molecule has 3 heterocycles. The normalized spacial score (nSPS) is 28.6. The van der Waals surface area contributed by atoms with Crippen LogP contribution in [-0.2, 0) is 6.54 Å². The molecular formula is C20H31N5. The molecule has 1 atom stereocenters.